The first-order chi connectivity index (χ1) is 13.6. The molecule has 0 radical (unpaired) electrons. The maximum Gasteiger partial charge on any atom is 0.259 e. The van der Waals surface area contributed by atoms with Gasteiger partial charge in [0.1, 0.15) is 5.56 Å². The third kappa shape index (κ3) is 3.10. The Kier molecular flexibility index (Phi) is 4.40. The van der Waals surface area contributed by atoms with Gasteiger partial charge in [-0.3, -0.25) is 9.69 Å². The normalized spacial score (nSPS) is 22.7. The van der Waals surface area contributed by atoms with Crippen molar-refractivity contribution < 1.29 is 4.79 Å². The molecule has 2 atom stereocenters. The Morgan fingerprint density at radius 3 is 2.96 bits per heavy atom. The zero-order chi connectivity index (χ0) is 19.3. The van der Waals surface area contributed by atoms with Crippen molar-refractivity contribution in [1.29, 1.82) is 0 Å². The van der Waals surface area contributed by atoms with Crippen molar-refractivity contribution >= 4 is 22.9 Å². The van der Waals surface area contributed by atoms with Crippen molar-refractivity contribution in [2.45, 2.75) is 39.3 Å². The lowest BCUT2D eigenvalue weighted by molar-refractivity contribution is 0.0586. The summed E-state index contributed by atoms with van der Waals surface area (Å²) < 4.78 is 1.77. The highest BCUT2D eigenvalue weighted by Crippen LogP contribution is 2.30. The van der Waals surface area contributed by atoms with Crippen molar-refractivity contribution in [3.63, 3.8) is 0 Å². The number of fused-ring (bicyclic) bond motifs is 5. The van der Waals surface area contributed by atoms with E-state index in [2.05, 4.69) is 30.2 Å². The maximum absolute atomic E-state index is 13.5. The van der Waals surface area contributed by atoms with Gasteiger partial charge in [-0.25, -0.2) is 14.5 Å². The molecule has 3 aromatic heterocycles. The third-order valence-electron chi connectivity index (χ3n) is 5.93. The van der Waals surface area contributed by atoms with Crippen molar-refractivity contribution in [3.8, 4) is 0 Å². The van der Waals surface area contributed by atoms with Gasteiger partial charge in [-0.15, -0.1) is 11.3 Å². The first-order valence-electron chi connectivity index (χ1n) is 9.81. The number of carbonyl (C=O) groups is 1. The van der Waals surface area contributed by atoms with Crippen molar-refractivity contribution in [2.75, 3.05) is 19.6 Å². The van der Waals surface area contributed by atoms with Crippen LogP contribution in [0, 0.1) is 19.8 Å². The minimum atomic E-state index is 0.0673. The van der Waals surface area contributed by atoms with E-state index in [1.54, 1.807) is 22.0 Å². The number of hydrogen-bond donors (Lipinski definition) is 0. The molecule has 146 valence electrons. The van der Waals surface area contributed by atoms with Crippen molar-refractivity contribution in [3.05, 3.63) is 45.8 Å². The monoisotopic (exact) mass is 396 g/mol. The lowest BCUT2D eigenvalue weighted by Crippen LogP contribution is -2.47. The molecular formula is C20H24N6OS. The van der Waals surface area contributed by atoms with E-state index in [1.165, 1.54) is 6.42 Å². The zero-order valence-electron chi connectivity index (χ0n) is 16.2. The Labute approximate surface area is 168 Å². The summed E-state index contributed by atoms with van der Waals surface area (Å²) in [5.41, 5.74) is 6.20. The van der Waals surface area contributed by atoms with Gasteiger partial charge in [0.2, 0.25) is 0 Å². The number of carbonyl (C=O) groups excluding carboxylic acids is 1. The van der Waals surface area contributed by atoms with E-state index < -0.39 is 0 Å². The van der Waals surface area contributed by atoms with Crippen LogP contribution in [0.5, 0.6) is 0 Å². The van der Waals surface area contributed by atoms with Crippen LogP contribution in [0.1, 0.15) is 40.3 Å². The molecule has 0 aliphatic carbocycles. The molecule has 2 bridgehead atoms. The van der Waals surface area contributed by atoms with Gasteiger partial charge in [0.25, 0.3) is 5.91 Å². The number of nitrogens with zero attached hydrogens (tertiary/aromatic N) is 6. The summed E-state index contributed by atoms with van der Waals surface area (Å²) in [7, 11) is 0. The number of aromatic nitrogens is 4. The summed E-state index contributed by atoms with van der Waals surface area (Å²) in [5, 5.41) is 6.53. The molecule has 0 N–H and O–H groups in total. The standard InChI is InChI=1S/C20H24N6OS/c1-13-5-14(2)26-19(23-13)18(6-22-26)20(27)25-8-15-3-4-17(25)10-24(7-15)9-16-11-28-12-21-16/h5-6,11-12,15,17H,3-4,7-10H2,1-2H3/t15-,17+/m0/s1. The first kappa shape index (κ1) is 17.8. The molecule has 0 saturated carbocycles. The van der Waals surface area contributed by atoms with Gasteiger partial charge in [-0.1, -0.05) is 0 Å². The Bertz CT molecular complexity index is 1010. The van der Waals surface area contributed by atoms with Gasteiger partial charge < -0.3 is 4.90 Å². The molecule has 6 rings (SSSR count). The highest BCUT2D eigenvalue weighted by molar-refractivity contribution is 7.07. The molecule has 0 aromatic carbocycles. The van der Waals surface area contributed by atoms with E-state index in [4.69, 9.17) is 0 Å². The molecule has 3 aliphatic rings. The van der Waals surface area contributed by atoms with E-state index in [0.717, 1.165) is 49.7 Å². The smallest absolute Gasteiger partial charge is 0.259 e. The average Bonchev–Trinajstić information content (AvgIpc) is 3.24. The summed E-state index contributed by atoms with van der Waals surface area (Å²) in [6.07, 6.45) is 3.94. The summed E-state index contributed by atoms with van der Waals surface area (Å²) in [6.45, 7) is 7.58. The van der Waals surface area contributed by atoms with Crippen LogP contribution in [0.2, 0.25) is 0 Å². The number of amides is 1. The van der Waals surface area contributed by atoms with Crippen LogP contribution < -0.4 is 0 Å². The Hall–Kier alpha value is -2.32. The van der Waals surface area contributed by atoms with Crippen LogP contribution in [-0.2, 0) is 6.54 Å². The SMILES string of the molecule is Cc1cc(C)n2ncc(C(=O)N3C[C@H]4CC[C@@H]3CN(Cc3cscn3)C4)c2n1. The van der Waals surface area contributed by atoms with E-state index in [0.29, 0.717) is 17.1 Å². The second kappa shape index (κ2) is 6.93. The van der Waals surface area contributed by atoms with Gasteiger partial charge in [0.15, 0.2) is 5.65 Å². The molecule has 3 fully saturated rings. The van der Waals surface area contributed by atoms with Crippen LogP contribution in [0.15, 0.2) is 23.2 Å². The van der Waals surface area contributed by atoms with Gasteiger partial charge >= 0.3 is 0 Å². The molecule has 8 heteroatoms. The molecule has 1 amide bonds. The molecular weight excluding hydrogens is 372 g/mol. The molecule has 28 heavy (non-hydrogen) atoms. The predicted molar refractivity (Wildman–Crippen MR) is 107 cm³/mol. The Balaban J connectivity index is 1.42. The lowest BCUT2D eigenvalue weighted by Gasteiger charge is -2.36. The van der Waals surface area contributed by atoms with Gasteiger partial charge in [0, 0.05) is 49.0 Å². The molecule has 7 nitrogen and oxygen atoms in total. The quantitative estimate of drug-likeness (QED) is 0.681. The Morgan fingerprint density at radius 1 is 1.25 bits per heavy atom. The summed E-state index contributed by atoms with van der Waals surface area (Å²) in [4.78, 5) is 27.0. The molecule has 3 saturated heterocycles. The summed E-state index contributed by atoms with van der Waals surface area (Å²) >= 11 is 1.64. The van der Waals surface area contributed by atoms with Crippen LogP contribution in [0.4, 0.5) is 0 Å². The molecule has 3 aromatic rings. The molecule has 0 spiro atoms. The lowest BCUT2D eigenvalue weighted by atomic mass is 9.94. The minimum absolute atomic E-state index is 0.0673. The van der Waals surface area contributed by atoms with E-state index in [-0.39, 0.29) is 11.9 Å². The van der Waals surface area contributed by atoms with Crippen LogP contribution in [-0.4, -0.2) is 61.0 Å². The third-order valence-corrected chi connectivity index (χ3v) is 6.56. The fourth-order valence-corrected chi connectivity index (χ4v) is 5.23. The van der Waals surface area contributed by atoms with Crippen LogP contribution >= 0.6 is 11.3 Å². The van der Waals surface area contributed by atoms with Gasteiger partial charge in [-0.2, -0.15) is 5.10 Å². The Morgan fingerprint density at radius 2 is 2.14 bits per heavy atom. The van der Waals surface area contributed by atoms with Crippen LogP contribution in [0.25, 0.3) is 5.65 Å². The summed E-state index contributed by atoms with van der Waals surface area (Å²) in [6, 6.07) is 2.23. The highest BCUT2D eigenvalue weighted by atomic mass is 32.1. The molecule has 3 aliphatic heterocycles. The number of rotatable bonds is 3. The van der Waals surface area contributed by atoms with Crippen LogP contribution in [0.3, 0.4) is 0 Å². The van der Waals surface area contributed by atoms with Gasteiger partial charge in [-0.05, 0) is 38.7 Å². The minimum Gasteiger partial charge on any atom is -0.334 e. The highest BCUT2D eigenvalue weighted by Gasteiger charge is 2.38. The number of aryl methyl sites for hydroxylation is 2. The molecule has 0 unspecified atom stereocenters. The fraction of sp³-hybridized carbons (Fsp3) is 0.500. The summed E-state index contributed by atoms with van der Waals surface area (Å²) in [5.74, 6) is 0.581. The van der Waals surface area contributed by atoms with E-state index in [1.807, 2.05) is 25.4 Å². The van der Waals surface area contributed by atoms with Gasteiger partial charge in [0.05, 0.1) is 17.4 Å². The topological polar surface area (TPSA) is 66.6 Å². The zero-order valence-corrected chi connectivity index (χ0v) is 17.0. The molecule has 6 heterocycles. The number of hydrogen-bond acceptors (Lipinski definition) is 6. The van der Waals surface area contributed by atoms with Crippen molar-refractivity contribution in [1.82, 2.24) is 29.4 Å². The van der Waals surface area contributed by atoms with E-state index >= 15 is 0 Å². The second-order valence-corrected chi connectivity index (χ2v) is 8.78. The second-order valence-electron chi connectivity index (χ2n) is 8.06. The largest absolute Gasteiger partial charge is 0.334 e. The van der Waals surface area contributed by atoms with E-state index in [9.17, 15) is 4.79 Å². The number of piperidine rings is 1. The fourth-order valence-electron chi connectivity index (χ4n) is 4.68. The predicted octanol–water partition coefficient (Wildman–Crippen LogP) is 2.54. The maximum atomic E-state index is 13.5. The number of thiazole rings is 1. The average molecular weight is 397 g/mol. The van der Waals surface area contributed by atoms with Crippen molar-refractivity contribution in [2.24, 2.45) is 5.92 Å². The first-order valence-corrected chi connectivity index (χ1v) is 10.7.